The lowest BCUT2D eigenvalue weighted by molar-refractivity contribution is -0.122. The Morgan fingerprint density at radius 1 is 0.909 bits per heavy atom. The predicted molar refractivity (Wildman–Crippen MR) is 136 cm³/mol. The van der Waals surface area contributed by atoms with Gasteiger partial charge in [-0.2, -0.15) is 0 Å². The van der Waals surface area contributed by atoms with Crippen molar-refractivity contribution in [1.82, 2.24) is 0 Å². The molecule has 3 aliphatic rings. The summed E-state index contributed by atoms with van der Waals surface area (Å²) < 4.78 is -1.04. The third kappa shape index (κ3) is 3.10. The number of halogens is 3. The molecule has 1 fully saturated rings. The van der Waals surface area contributed by atoms with Gasteiger partial charge in [-0.3, -0.25) is 9.59 Å². The largest absolute Gasteiger partial charge is 0.325 e. The Morgan fingerprint density at radius 3 is 2.27 bits per heavy atom. The van der Waals surface area contributed by atoms with E-state index in [1.54, 1.807) is 6.07 Å². The van der Waals surface area contributed by atoms with Crippen LogP contribution in [-0.2, 0) is 15.0 Å². The number of fused-ring (bicyclic) bond motifs is 3. The molecule has 1 aliphatic carbocycles. The Morgan fingerprint density at radius 2 is 1.55 bits per heavy atom. The van der Waals surface area contributed by atoms with Gasteiger partial charge >= 0.3 is 0 Å². The van der Waals surface area contributed by atoms with E-state index in [9.17, 15) is 9.59 Å². The van der Waals surface area contributed by atoms with Gasteiger partial charge in [0.25, 0.3) is 5.91 Å². The molecule has 2 heterocycles. The quantitative estimate of drug-likeness (QED) is 0.413. The van der Waals surface area contributed by atoms with Gasteiger partial charge in [0.2, 0.25) is 5.91 Å². The van der Waals surface area contributed by atoms with E-state index >= 15 is 0 Å². The zero-order chi connectivity index (χ0) is 23.2. The minimum atomic E-state index is -1.04. The second-order valence-corrected chi connectivity index (χ2v) is 10.2. The summed E-state index contributed by atoms with van der Waals surface area (Å²) >= 11 is 17.5. The fourth-order valence-corrected chi connectivity index (χ4v) is 6.98. The van der Waals surface area contributed by atoms with Gasteiger partial charge in [0.1, 0.15) is 15.2 Å². The second-order valence-electron chi connectivity index (χ2n) is 7.79. The first kappa shape index (κ1) is 22.5. The fraction of sp³-hybridized carbons (Fsp3) is 0.160. The first-order chi connectivity index (χ1) is 16.0. The lowest BCUT2D eigenvalue weighted by Crippen LogP contribution is -2.32. The number of hydrogen-bond donors (Lipinski definition) is 1. The molecule has 33 heavy (non-hydrogen) atoms. The van der Waals surface area contributed by atoms with Crippen LogP contribution in [-0.4, -0.2) is 26.9 Å². The van der Waals surface area contributed by atoms with Gasteiger partial charge in [-0.25, -0.2) is 4.99 Å². The number of rotatable bonds is 2. The smallest absolute Gasteiger partial charge is 0.265 e. The van der Waals surface area contributed by atoms with Gasteiger partial charge in [0, 0.05) is 22.2 Å². The summed E-state index contributed by atoms with van der Waals surface area (Å²) in [5.41, 5.74) is 2.23. The number of alkyl halides is 2. The molecular formula is C25H17Cl3N2O2S. The molecule has 3 aromatic carbocycles. The first-order valence-electron chi connectivity index (χ1n) is 10.2. The SMILES string of the molecule is ClCCl.O=C1Nc2ccccc2[C@]12[C@@H](c1ccccc1Cl)[C@]21SC(c2ccccc2)=NC1=O. The lowest BCUT2D eigenvalue weighted by Gasteiger charge is -2.12. The molecule has 1 N–H and O–H groups in total. The van der Waals surface area contributed by atoms with Crippen LogP contribution in [0.25, 0.3) is 0 Å². The van der Waals surface area contributed by atoms with Crippen LogP contribution in [0.5, 0.6) is 0 Å². The van der Waals surface area contributed by atoms with E-state index in [1.807, 2.05) is 72.8 Å². The summed E-state index contributed by atoms with van der Waals surface area (Å²) in [7, 11) is 0. The van der Waals surface area contributed by atoms with Gasteiger partial charge < -0.3 is 5.32 Å². The normalized spacial score (nSPS) is 26.5. The molecule has 1 saturated carbocycles. The monoisotopic (exact) mass is 514 g/mol. The van der Waals surface area contributed by atoms with Crippen LogP contribution in [0.3, 0.4) is 0 Å². The van der Waals surface area contributed by atoms with Crippen molar-refractivity contribution in [1.29, 1.82) is 0 Å². The Balaban J connectivity index is 0.000000724. The van der Waals surface area contributed by atoms with Crippen LogP contribution in [0, 0.1) is 0 Å². The zero-order valence-electron chi connectivity index (χ0n) is 17.1. The highest BCUT2D eigenvalue weighted by Crippen LogP contribution is 2.79. The number of aliphatic imine (C=N–C) groups is 1. The van der Waals surface area contributed by atoms with E-state index in [4.69, 9.17) is 34.8 Å². The topological polar surface area (TPSA) is 58.5 Å². The molecule has 4 nitrogen and oxygen atoms in total. The first-order valence-corrected chi connectivity index (χ1v) is 12.4. The predicted octanol–water partition coefficient (Wildman–Crippen LogP) is 6.21. The number of carbonyl (C=O) groups is 2. The third-order valence-corrected chi connectivity index (χ3v) is 8.23. The molecule has 0 radical (unpaired) electrons. The van der Waals surface area contributed by atoms with Crippen molar-refractivity contribution in [2.45, 2.75) is 16.1 Å². The standard InChI is InChI=1S/C24H15ClN2O2S.CH2Cl2/c25-17-12-6-4-10-15(17)19-23(16-11-5-7-13-18(16)26-21(23)28)24(19)22(29)27-20(30-24)14-8-2-1-3-9-14;2-1-3/h1-13,19H,(H,26,28);1H2/t19-,23+,24-;/m1./s1. The zero-order valence-corrected chi connectivity index (χ0v) is 20.2. The van der Waals surface area contributed by atoms with Crippen LogP contribution < -0.4 is 5.32 Å². The van der Waals surface area contributed by atoms with Gasteiger partial charge in [0.15, 0.2) is 0 Å². The number of benzene rings is 3. The third-order valence-electron chi connectivity index (χ3n) is 6.32. The molecule has 166 valence electrons. The number of hydrogen-bond acceptors (Lipinski definition) is 3. The summed E-state index contributed by atoms with van der Waals surface area (Å²) in [5.74, 6) is -0.841. The highest BCUT2D eigenvalue weighted by molar-refractivity contribution is 8.17. The number of nitrogens with zero attached hydrogens (tertiary/aromatic N) is 1. The second kappa shape index (κ2) is 8.48. The molecule has 0 aromatic heterocycles. The fourth-order valence-electron chi connectivity index (χ4n) is 5.07. The highest BCUT2D eigenvalue weighted by Gasteiger charge is 2.89. The van der Waals surface area contributed by atoms with Crippen LogP contribution in [0.15, 0.2) is 83.9 Å². The number of nitrogens with one attached hydrogen (secondary N) is 1. The molecule has 6 rings (SSSR count). The molecule has 3 aromatic rings. The van der Waals surface area contributed by atoms with Gasteiger partial charge in [-0.05, 0) is 23.3 Å². The highest BCUT2D eigenvalue weighted by atomic mass is 35.5. The maximum absolute atomic E-state index is 13.5. The van der Waals surface area contributed by atoms with E-state index < -0.39 is 16.1 Å². The summed E-state index contributed by atoms with van der Waals surface area (Å²) in [5, 5.41) is 4.39. The van der Waals surface area contributed by atoms with E-state index in [2.05, 4.69) is 10.3 Å². The minimum Gasteiger partial charge on any atom is -0.325 e. The molecule has 0 saturated heterocycles. The minimum absolute atomic E-state index is 0.168. The van der Waals surface area contributed by atoms with Crippen molar-refractivity contribution in [3.05, 3.63) is 101 Å². The Kier molecular flexibility index (Phi) is 5.78. The van der Waals surface area contributed by atoms with Crippen LogP contribution >= 0.6 is 46.6 Å². The number of carbonyl (C=O) groups excluding carboxylic acids is 2. The molecule has 2 amide bonds. The number of amides is 2. The molecule has 0 unspecified atom stereocenters. The van der Waals surface area contributed by atoms with Gasteiger partial charge in [-0.15, -0.1) is 23.2 Å². The van der Waals surface area contributed by atoms with Crippen molar-refractivity contribution in [2.24, 2.45) is 4.99 Å². The molecule has 0 bridgehead atoms. The average Bonchev–Trinajstić information content (AvgIpc) is 3.10. The maximum Gasteiger partial charge on any atom is 0.265 e. The molecule has 2 spiro atoms. The average molecular weight is 516 g/mol. The van der Waals surface area contributed by atoms with Crippen molar-refractivity contribution in [3.8, 4) is 0 Å². The summed E-state index contributed by atoms with van der Waals surface area (Å²) in [6.07, 6.45) is 0. The van der Waals surface area contributed by atoms with Crippen LogP contribution in [0.1, 0.15) is 22.6 Å². The maximum atomic E-state index is 13.5. The Labute approximate surface area is 210 Å². The van der Waals surface area contributed by atoms with Crippen molar-refractivity contribution < 1.29 is 9.59 Å². The van der Waals surface area contributed by atoms with Crippen molar-refractivity contribution in [3.63, 3.8) is 0 Å². The number of para-hydroxylation sites is 1. The van der Waals surface area contributed by atoms with E-state index in [0.717, 1.165) is 22.4 Å². The molecular weight excluding hydrogens is 499 g/mol. The van der Waals surface area contributed by atoms with Crippen LogP contribution in [0.4, 0.5) is 5.69 Å². The van der Waals surface area contributed by atoms with E-state index in [1.165, 1.54) is 11.8 Å². The van der Waals surface area contributed by atoms with Crippen LogP contribution in [0.2, 0.25) is 5.02 Å². The number of anilines is 1. The van der Waals surface area contributed by atoms with Gasteiger partial charge in [-0.1, -0.05) is 90.1 Å². The number of thioether (sulfide) groups is 1. The molecule has 2 aliphatic heterocycles. The molecule has 3 atom stereocenters. The summed E-state index contributed by atoms with van der Waals surface area (Å²) in [6, 6.07) is 24.7. The summed E-state index contributed by atoms with van der Waals surface area (Å²) in [6.45, 7) is 0. The summed E-state index contributed by atoms with van der Waals surface area (Å²) in [4.78, 5) is 31.4. The Bertz CT molecular complexity index is 1300. The Hall–Kier alpha value is -2.31. The van der Waals surface area contributed by atoms with Crippen molar-refractivity contribution >= 4 is 69.1 Å². The molecule has 8 heteroatoms. The lowest BCUT2D eigenvalue weighted by atomic mass is 9.91. The van der Waals surface area contributed by atoms with E-state index in [-0.39, 0.29) is 17.2 Å². The van der Waals surface area contributed by atoms with E-state index in [0.29, 0.717) is 10.1 Å². The van der Waals surface area contributed by atoms with Crippen molar-refractivity contribution in [2.75, 3.05) is 10.7 Å². The van der Waals surface area contributed by atoms with Gasteiger partial charge in [0.05, 0.1) is 5.34 Å².